The summed E-state index contributed by atoms with van der Waals surface area (Å²) in [5.74, 6) is 5.92. The van der Waals surface area contributed by atoms with Crippen LogP contribution in [0.3, 0.4) is 0 Å². The highest BCUT2D eigenvalue weighted by molar-refractivity contribution is 5.94. The fraction of sp³-hybridized carbons (Fsp3) is 0.571. The zero-order valence-corrected chi connectivity index (χ0v) is 11.7. The standard InChI is InChI=1S/C14H21N5O/c1-10-8-18-6-2-3-12(18)9-19(10)14(20)11-4-5-13(17-15)16-7-11/h4-5,7,10,12H,2-3,6,8-9,15H2,1H3,(H,16,17). The number of pyridine rings is 1. The van der Waals surface area contributed by atoms with Crippen molar-refractivity contribution in [1.82, 2.24) is 14.8 Å². The van der Waals surface area contributed by atoms with Gasteiger partial charge in [-0.25, -0.2) is 10.8 Å². The molecule has 0 aliphatic carbocycles. The summed E-state index contributed by atoms with van der Waals surface area (Å²) in [5, 5.41) is 0. The predicted molar refractivity (Wildman–Crippen MR) is 77.1 cm³/mol. The average Bonchev–Trinajstić information content (AvgIpc) is 2.93. The second kappa shape index (κ2) is 5.38. The number of carbonyl (C=O) groups is 1. The molecule has 0 aromatic carbocycles. The lowest BCUT2D eigenvalue weighted by Gasteiger charge is -2.42. The zero-order valence-electron chi connectivity index (χ0n) is 11.7. The Morgan fingerprint density at radius 3 is 3.00 bits per heavy atom. The van der Waals surface area contributed by atoms with E-state index in [9.17, 15) is 4.79 Å². The Balaban J connectivity index is 1.75. The van der Waals surface area contributed by atoms with Gasteiger partial charge in [-0.15, -0.1) is 0 Å². The van der Waals surface area contributed by atoms with Crippen molar-refractivity contribution in [2.24, 2.45) is 5.84 Å². The Morgan fingerprint density at radius 2 is 2.30 bits per heavy atom. The molecule has 0 bridgehead atoms. The molecule has 2 unspecified atom stereocenters. The minimum atomic E-state index is 0.0696. The van der Waals surface area contributed by atoms with Crippen molar-refractivity contribution in [2.75, 3.05) is 25.1 Å². The topological polar surface area (TPSA) is 74.5 Å². The molecule has 2 fully saturated rings. The lowest BCUT2D eigenvalue weighted by atomic mass is 10.1. The van der Waals surface area contributed by atoms with Gasteiger partial charge in [0.2, 0.25) is 0 Å². The van der Waals surface area contributed by atoms with Gasteiger partial charge in [0.05, 0.1) is 5.56 Å². The first-order valence-electron chi connectivity index (χ1n) is 7.16. The van der Waals surface area contributed by atoms with Crippen LogP contribution in [0.1, 0.15) is 30.1 Å². The van der Waals surface area contributed by atoms with Gasteiger partial charge in [-0.3, -0.25) is 9.69 Å². The molecular formula is C14H21N5O. The molecule has 1 aromatic heterocycles. The third-order valence-corrected chi connectivity index (χ3v) is 4.36. The number of rotatable bonds is 2. The Labute approximate surface area is 118 Å². The number of hydrogen-bond donors (Lipinski definition) is 2. The lowest BCUT2D eigenvalue weighted by molar-refractivity contribution is 0.0395. The largest absolute Gasteiger partial charge is 0.333 e. The summed E-state index contributed by atoms with van der Waals surface area (Å²) in [6.07, 6.45) is 4.04. The maximum Gasteiger partial charge on any atom is 0.255 e. The smallest absolute Gasteiger partial charge is 0.255 e. The van der Waals surface area contributed by atoms with Gasteiger partial charge < -0.3 is 10.3 Å². The molecule has 108 valence electrons. The molecule has 6 heteroatoms. The Bertz CT molecular complexity index is 489. The van der Waals surface area contributed by atoms with Crippen LogP contribution in [0.2, 0.25) is 0 Å². The predicted octanol–water partition coefficient (Wildman–Crippen LogP) is 0.676. The number of aromatic nitrogens is 1. The molecular weight excluding hydrogens is 254 g/mol. The number of anilines is 1. The third-order valence-electron chi connectivity index (χ3n) is 4.36. The van der Waals surface area contributed by atoms with Gasteiger partial charge in [-0.2, -0.15) is 0 Å². The van der Waals surface area contributed by atoms with Crippen LogP contribution in [-0.4, -0.2) is 52.4 Å². The maximum atomic E-state index is 12.6. The van der Waals surface area contributed by atoms with E-state index in [1.54, 1.807) is 18.3 Å². The number of fused-ring (bicyclic) bond motifs is 1. The van der Waals surface area contributed by atoms with Crippen molar-refractivity contribution >= 4 is 11.7 Å². The molecule has 2 aliphatic rings. The third kappa shape index (κ3) is 2.36. The summed E-state index contributed by atoms with van der Waals surface area (Å²) in [6.45, 7) is 5.11. The molecule has 3 rings (SSSR count). The van der Waals surface area contributed by atoms with E-state index in [1.807, 2.05) is 4.90 Å². The van der Waals surface area contributed by atoms with Gasteiger partial charge in [-0.1, -0.05) is 0 Å². The number of piperazine rings is 1. The minimum absolute atomic E-state index is 0.0696. The highest BCUT2D eigenvalue weighted by Gasteiger charge is 2.36. The lowest BCUT2D eigenvalue weighted by Crippen LogP contribution is -2.56. The van der Waals surface area contributed by atoms with E-state index in [-0.39, 0.29) is 11.9 Å². The van der Waals surface area contributed by atoms with Gasteiger partial charge >= 0.3 is 0 Å². The number of amides is 1. The van der Waals surface area contributed by atoms with E-state index in [1.165, 1.54) is 19.4 Å². The van der Waals surface area contributed by atoms with Crippen molar-refractivity contribution in [3.63, 3.8) is 0 Å². The van der Waals surface area contributed by atoms with Crippen molar-refractivity contribution in [3.8, 4) is 0 Å². The van der Waals surface area contributed by atoms with Crippen molar-refractivity contribution in [1.29, 1.82) is 0 Å². The van der Waals surface area contributed by atoms with E-state index < -0.39 is 0 Å². The fourth-order valence-corrected chi connectivity index (χ4v) is 3.24. The number of nitrogens with one attached hydrogen (secondary N) is 1. The average molecular weight is 275 g/mol. The molecule has 20 heavy (non-hydrogen) atoms. The molecule has 0 saturated carbocycles. The molecule has 3 N–H and O–H groups in total. The first kappa shape index (κ1) is 13.3. The molecule has 0 spiro atoms. The summed E-state index contributed by atoms with van der Waals surface area (Å²) < 4.78 is 0. The van der Waals surface area contributed by atoms with Gasteiger partial charge in [-0.05, 0) is 38.4 Å². The SMILES string of the molecule is CC1CN2CCCC2CN1C(=O)c1ccc(NN)nc1. The van der Waals surface area contributed by atoms with Crippen molar-refractivity contribution < 1.29 is 4.79 Å². The number of hydrazine groups is 1. The van der Waals surface area contributed by atoms with Gasteiger partial charge in [0.15, 0.2) is 0 Å². The van der Waals surface area contributed by atoms with Crippen LogP contribution in [0.5, 0.6) is 0 Å². The van der Waals surface area contributed by atoms with E-state index >= 15 is 0 Å². The first-order chi connectivity index (χ1) is 9.69. The van der Waals surface area contributed by atoms with Crippen molar-refractivity contribution in [3.05, 3.63) is 23.9 Å². The Kier molecular flexibility index (Phi) is 3.58. The van der Waals surface area contributed by atoms with Crippen LogP contribution in [0, 0.1) is 0 Å². The van der Waals surface area contributed by atoms with Crippen LogP contribution in [0.25, 0.3) is 0 Å². The van der Waals surface area contributed by atoms with Crippen molar-refractivity contribution in [2.45, 2.75) is 31.8 Å². The summed E-state index contributed by atoms with van der Waals surface area (Å²) in [4.78, 5) is 21.2. The number of nitrogens with two attached hydrogens (primary N) is 1. The molecule has 2 aliphatic heterocycles. The van der Waals surface area contributed by atoms with Crippen LogP contribution < -0.4 is 11.3 Å². The van der Waals surface area contributed by atoms with Gasteiger partial charge in [0.25, 0.3) is 5.91 Å². The summed E-state index contributed by atoms with van der Waals surface area (Å²) in [6, 6.07) is 4.29. The van der Waals surface area contributed by atoms with E-state index in [0.29, 0.717) is 17.4 Å². The fourth-order valence-electron chi connectivity index (χ4n) is 3.24. The molecule has 2 atom stereocenters. The first-order valence-corrected chi connectivity index (χ1v) is 7.16. The van der Waals surface area contributed by atoms with E-state index in [2.05, 4.69) is 22.2 Å². The zero-order chi connectivity index (χ0) is 14.1. The van der Waals surface area contributed by atoms with Crippen LogP contribution in [-0.2, 0) is 0 Å². The van der Waals surface area contributed by atoms with E-state index in [0.717, 1.165) is 13.1 Å². The van der Waals surface area contributed by atoms with Gasteiger partial charge in [0.1, 0.15) is 5.82 Å². The monoisotopic (exact) mass is 275 g/mol. The van der Waals surface area contributed by atoms with Gasteiger partial charge in [0, 0.05) is 31.4 Å². The molecule has 3 heterocycles. The molecule has 2 saturated heterocycles. The Morgan fingerprint density at radius 1 is 1.45 bits per heavy atom. The second-order valence-electron chi connectivity index (χ2n) is 5.67. The second-order valence-corrected chi connectivity index (χ2v) is 5.67. The Hall–Kier alpha value is -1.66. The van der Waals surface area contributed by atoms with Crippen LogP contribution in [0.15, 0.2) is 18.3 Å². The quantitative estimate of drug-likeness (QED) is 0.613. The number of hydrogen-bond acceptors (Lipinski definition) is 5. The number of carbonyl (C=O) groups excluding carboxylic acids is 1. The summed E-state index contributed by atoms with van der Waals surface area (Å²) >= 11 is 0. The molecule has 0 radical (unpaired) electrons. The molecule has 1 aromatic rings. The maximum absolute atomic E-state index is 12.6. The summed E-state index contributed by atoms with van der Waals surface area (Å²) in [5.41, 5.74) is 3.10. The summed E-state index contributed by atoms with van der Waals surface area (Å²) in [7, 11) is 0. The van der Waals surface area contributed by atoms with Crippen LogP contribution >= 0.6 is 0 Å². The highest BCUT2D eigenvalue weighted by atomic mass is 16.2. The molecule has 6 nitrogen and oxygen atoms in total. The van der Waals surface area contributed by atoms with Crippen LogP contribution in [0.4, 0.5) is 5.82 Å². The highest BCUT2D eigenvalue weighted by Crippen LogP contribution is 2.25. The number of nitrogens with zero attached hydrogens (tertiary/aromatic N) is 3. The van der Waals surface area contributed by atoms with E-state index in [4.69, 9.17) is 5.84 Å². The minimum Gasteiger partial charge on any atom is -0.333 e. The number of nitrogen functional groups attached to an aromatic ring is 1. The molecule has 1 amide bonds. The normalized spacial score (nSPS) is 26.4.